The molecule has 9 heteroatoms. The minimum atomic E-state index is -0.482. The zero-order chi connectivity index (χ0) is 23.9. The Morgan fingerprint density at radius 1 is 0.941 bits per heavy atom. The zero-order valence-electron chi connectivity index (χ0n) is 18.1. The molecule has 2 amide bonds. The van der Waals surface area contributed by atoms with Crippen molar-refractivity contribution in [3.63, 3.8) is 0 Å². The highest BCUT2D eigenvalue weighted by Gasteiger charge is 2.12. The van der Waals surface area contributed by atoms with Gasteiger partial charge >= 0.3 is 0 Å². The van der Waals surface area contributed by atoms with E-state index in [9.17, 15) is 19.7 Å². The van der Waals surface area contributed by atoms with Gasteiger partial charge in [0.1, 0.15) is 0 Å². The van der Waals surface area contributed by atoms with Crippen LogP contribution in [0.4, 0.5) is 11.4 Å². The van der Waals surface area contributed by atoms with Crippen molar-refractivity contribution in [2.45, 2.75) is 11.4 Å². The molecule has 2 N–H and O–H groups in total. The molecular formula is C25H22N4O4S. The highest BCUT2D eigenvalue weighted by atomic mass is 32.2. The summed E-state index contributed by atoms with van der Waals surface area (Å²) < 4.78 is 2.07. The van der Waals surface area contributed by atoms with Gasteiger partial charge in [0, 0.05) is 58.5 Å². The molecule has 1 heterocycles. The normalized spacial score (nSPS) is 10.7. The van der Waals surface area contributed by atoms with Crippen LogP contribution >= 0.6 is 11.8 Å². The fraction of sp³-hybridized carbons (Fsp3) is 0.120. The number of nitro benzene ring substituents is 1. The first-order valence-corrected chi connectivity index (χ1v) is 11.6. The Bertz CT molecular complexity index is 1320. The minimum absolute atomic E-state index is 0.0276. The van der Waals surface area contributed by atoms with Gasteiger partial charge in [-0.05, 0) is 30.3 Å². The van der Waals surface area contributed by atoms with Gasteiger partial charge in [0.2, 0.25) is 5.91 Å². The molecule has 0 aliphatic rings. The van der Waals surface area contributed by atoms with Gasteiger partial charge in [-0.1, -0.05) is 36.4 Å². The standard InChI is InChI=1S/C25H22N4O4S/c30-24(27-19-10-12-20(13-11-19)29(32)33)17-34-23-16-28(22-9-5-4-8-21(22)23)15-14-26-25(31)18-6-2-1-3-7-18/h1-13,16H,14-15,17H2,(H,26,31)(H,27,30). The van der Waals surface area contributed by atoms with Gasteiger partial charge in [0.15, 0.2) is 0 Å². The molecule has 4 aromatic rings. The second kappa shape index (κ2) is 10.7. The number of hydrogen-bond acceptors (Lipinski definition) is 5. The van der Waals surface area contributed by atoms with Crippen molar-refractivity contribution in [1.82, 2.24) is 9.88 Å². The number of nitrogens with zero attached hydrogens (tertiary/aromatic N) is 2. The highest BCUT2D eigenvalue weighted by molar-refractivity contribution is 8.00. The maximum absolute atomic E-state index is 12.4. The second-order valence-corrected chi connectivity index (χ2v) is 8.48. The lowest BCUT2D eigenvalue weighted by Crippen LogP contribution is -2.26. The van der Waals surface area contributed by atoms with Gasteiger partial charge in [-0.2, -0.15) is 0 Å². The summed E-state index contributed by atoms with van der Waals surface area (Å²) in [4.78, 5) is 35.9. The zero-order valence-corrected chi connectivity index (χ0v) is 19.0. The van der Waals surface area contributed by atoms with Crippen LogP contribution in [0, 0.1) is 10.1 Å². The highest BCUT2D eigenvalue weighted by Crippen LogP contribution is 2.30. The van der Waals surface area contributed by atoms with E-state index in [1.807, 2.05) is 48.7 Å². The number of amides is 2. The lowest BCUT2D eigenvalue weighted by atomic mass is 10.2. The molecule has 172 valence electrons. The molecule has 0 unspecified atom stereocenters. The number of non-ortho nitro benzene ring substituents is 1. The molecule has 0 spiro atoms. The van der Waals surface area contributed by atoms with E-state index in [0.29, 0.717) is 24.3 Å². The monoisotopic (exact) mass is 474 g/mol. The van der Waals surface area contributed by atoms with E-state index in [4.69, 9.17) is 0 Å². The Hall–Kier alpha value is -4.11. The maximum atomic E-state index is 12.4. The van der Waals surface area contributed by atoms with Crippen LogP contribution in [0.3, 0.4) is 0 Å². The predicted octanol–water partition coefficient (Wildman–Crippen LogP) is 4.71. The van der Waals surface area contributed by atoms with Crippen molar-refractivity contribution in [1.29, 1.82) is 0 Å². The number of rotatable bonds is 9. The van der Waals surface area contributed by atoms with E-state index in [0.717, 1.165) is 15.8 Å². The van der Waals surface area contributed by atoms with Gasteiger partial charge < -0.3 is 15.2 Å². The Morgan fingerprint density at radius 3 is 2.38 bits per heavy atom. The smallest absolute Gasteiger partial charge is 0.269 e. The number of nitrogens with one attached hydrogen (secondary N) is 2. The van der Waals surface area contributed by atoms with E-state index in [1.54, 1.807) is 12.1 Å². The van der Waals surface area contributed by atoms with Crippen LogP contribution in [0.5, 0.6) is 0 Å². The summed E-state index contributed by atoms with van der Waals surface area (Å²) in [5, 5.41) is 17.5. The molecule has 3 aromatic carbocycles. The first-order chi connectivity index (χ1) is 16.5. The van der Waals surface area contributed by atoms with Crippen LogP contribution in [0.25, 0.3) is 10.9 Å². The Balaban J connectivity index is 1.36. The molecule has 0 saturated carbocycles. The van der Waals surface area contributed by atoms with Crippen molar-refractivity contribution in [2.75, 3.05) is 17.6 Å². The van der Waals surface area contributed by atoms with Crippen LogP contribution in [-0.4, -0.2) is 33.6 Å². The second-order valence-electron chi connectivity index (χ2n) is 7.47. The summed E-state index contributed by atoms with van der Waals surface area (Å²) in [6.45, 7) is 1.06. The number of thioether (sulfide) groups is 1. The summed E-state index contributed by atoms with van der Waals surface area (Å²) >= 11 is 1.41. The summed E-state index contributed by atoms with van der Waals surface area (Å²) in [5.41, 5.74) is 2.12. The lowest BCUT2D eigenvalue weighted by molar-refractivity contribution is -0.384. The quantitative estimate of drug-likeness (QED) is 0.208. The van der Waals surface area contributed by atoms with Crippen LogP contribution < -0.4 is 10.6 Å². The third-order valence-electron chi connectivity index (χ3n) is 5.15. The van der Waals surface area contributed by atoms with E-state index in [1.165, 1.54) is 36.0 Å². The predicted molar refractivity (Wildman–Crippen MR) is 133 cm³/mol. The third kappa shape index (κ3) is 5.62. The van der Waals surface area contributed by atoms with Crippen molar-refractivity contribution in [3.05, 3.63) is 101 Å². The molecule has 0 aliphatic carbocycles. The summed E-state index contributed by atoms with van der Waals surface area (Å²) in [7, 11) is 0. The molecule has 0 aliphatic heterocycles. The number of hydrogen-bond donors (Lipinski definition) is 2. The first-order valence-electron chi connectivity index (χ1n) is 10.6. The number of fused-ring (bicyclic) bond motifs is 1. The molecule has 0 radical (unpaired) electrons. The number of aromatic nitrogens is 1. The molecule has 1 aromatic heterocycles. The number of para-hydroxylation sites is 1. The van der Waals surface area contributed by atoms with Gasteiger partial charge in [-0.25, -0.2) is 0 Å². The first kappa shape index (κ1) is 23.1. The third-order valence-corrected chi connectivity index (χ3v) is 6.19. The molecule has 0 atom stereocenters. The number of benzene rings is 3. The van der Waals surface area contributed by atoms with Crippen molar-refractivity contribution in [3.8, 4) is 0 Å². The molecule has 34 heavy (non-hydrogen) atoms. The lowest BCUT2D eigenvalue weighted by Gasteiger charge is -2.07. The number of anilines is 1. The Labute approximate surface area is 200 Å². The summed E-state index contributed by atoms with van der Waals surface area (Å²) in [5.74, 6) is -0.129. The van der Waals surface area contributed by atoms with Crippen molar-refractivity contribution in [2.24, 2.45) is 0 Å². The van der Waals surface area contributed by atoms with Crippen LogP contribution in [0.15, 0.2) is 90.0 Å². The van der Waals surface area contributed by atoms with E-state index < -0.39 is 4.92 Å². The number of carbonyl (C=O) groups is 2. The van der Waals surface area contributed by atoms with Crippen molar-refractivity contribution >= 4 is 45.9 Å². The molecule has 0 fully saturated rings. The van der Waals surface area contributed by atoms with Crippen LogP contribution in [0.2, 0.25) is 0 Å². The van der Waals surface area contributed by atoms with E-state index in [-0.39, 0.29) is 23.3 Å². The van der Waals surface area contributed by atoms with Crippen molar-refractivity contribution < 1.29 is 14.5 Å². The van der Waals surface area contributed by atoms with Crippen LogP contribution in [-0.2, 0) is 11.3 Å². The number of carbonyl (C=O) groups excluding carboxylic acids is 2. The summed E-state index contributed by atoms with van der Waals surface area (Å²) in [6.07, 6.45) is 1.99. The Kier molecular flexibility index (Phi) is 7.24. The molecule has 0 bridgehead atoms. The fourth-order valence-electron chi connectivity index (χ4n) is 3.50. The maximum Gasteiger partial charge on any atom is 0.269 e. The minimum Gasteiger partial charge on any atom is -0.350 e. The van der Waals surface area contributed by atoms with Gasteiger partial charge in [0.05, 0.1) is 10.7 Å². The average Bonchev–Trinajstić information content (AvgIpc) is 3.21. The van der Waals surface area contributed by atoms with E-state index in [2.05, 4.69) is 15.2 Å². The molecular weight excluding hydrogens is 452 g/mol. The molecule has 8 nitrogen and oxygen atoms in total. The average molecular weight is 475 g/mol. The topological polar surface area (TPSA) is 106 Å². The largest absolute Gasteiger partial charge is 0.350 e. The van der Waals surface area contributed by atoms with Crippen LogP contribution in [0.1, 0.15) is 10.4 Å². The summed E-state index contributed by atoms with van der Waals surface area (Å²) in [6, 6.07) is 22.7. The number of nitro groups is 1. The molecule has 0 saturated heterocycles. The SMILES string of the molecule is O=C(CSc1cn(CCNC(=O)c2ccccc2)c2ccccc12)Nc1ccc([N+](=O)[O-])cc1. The fourth-order valence-corrected chi connectivity index (χ4v) is 4.39. The van der Waals surface area contributed by atoms with Gasteiger partial charge in [0.25, 0.3) is 11.6 Å². The molecule has 4 rings (SSSR count). The van der Waals surface area contributed by atoms with Gasteiger partial charge in [-0.15, -0.1) is 11.8 Å². The van der Waals surface area contributed by atoms with E-state index >= 15 is 0 Å². The van der Waals surface area contributed by atoms with Gasteiger partial charge in [-0.3, -0.25) is 19.7 Å². The Morgan fingerprint density at radius 2 is 1.65 bits per heavy atom.